The number of nitrogens with one attached hydrogen (secondary N) is 2. The molecule has 0 saturated heterocycles. The average molecular weight is 513 g/mol. The van der Waals surface area contributed by atoms with E-state index in [2.05, 4.69) is 43.5 Å². The molecule has 2 aromatic rings. The molecule has 2 N–H and O–H groups in total. The van der Waals surface area contributed by atoms with Gasteiger partial charge in [0.2, 0.25) is 5.91 Å². The summed E-state index contributed by atoms with van der Waals surface area (Å²) in [6.45, 7) is 2.07. The Labute approximate surface area is 193 Å². The molecule has 0 bridgehead atoms. The molecule has 0 aliphatic rings. The zero-order valence-electron chi connectivity index (χ0n) is 17.1. The van der Waals surface area contributed by atoms with Gasteiger partial charge in [-0.05, 0) is 65.0 Å². The number of amides is 2. The number of halogens is 1. The third kappa shape index (κ3) is 7.48. The van der Waals surface area contributed by atoms with Crippen LogP contribution in [0.5, 0.6) is 5.75 Å². The summed E-state index contributed by atoms with van der Waals surface area (Å²) in [6, 6.07) is 6.34. The molecule has 1 heterocycles. The smallest absolute Gasteiger partial charge is 0.271 e. The van der Waals surface area contributed by atoms with Gasteiger partial charge in [-0.25, -0.2) is 9.97 Å². The van der Waals surface area contributed by atoms with E-state index in [0.717, 1.165) is 17.9 Å². The van der Waals surface area contributed by atoms with Crippen molar-refractivity contribution in [3.63, 3.8) is 0 Å². The number of carbonyl (C=O) groups excluding carboxylic acids is 2. The van der Waals surface area contributed by atoms with Crippen molar-refractivity contribution >= 4 is 57.0 Å². The molecule has 0 aliphatic carbocycles. The molecule has 0 aliphatic heterocycles. The van der Waals surface area contributed by atoms with Crippen LogP contribution in [0.25, 0.3) is 0 Å². The van der Waals surface area contributed by atoms with E-state index >= 15 is 0 Å². The van der Waals surface area contributed by atoms with E-state index in [4.69, 9.17) is 4.74 Å². The van der Waals surface area contributed by atoms with Crippen LogP contribution < -0.4 is 15.4 Å². The van der Waals surface area contributed by atoms with Gasteiger partial charge in [-0.2, -0.15) is 11.8 Å². The van der Waals surface area contributed by atoms with E-state index in [1.165, 1.54) is 11.8 Å². The Morgan fingerprint density at radius 2 is 1.97 bits per heavy atom. The summed E-state index contributed by atoms with van der Waals surface area (Å²) in [5.74, 6) is 1.59. The average Bonchev–Trinajstić information content (AvgIpc) is 2.76. The first-order valence-corrected chi connectivity index (χ1v) is 12.6. The maximum atomic E-state index is 12.9. The number of rotatable bonds is 11. The highest BCUT2D eigenvalue weighted by Gasteiger charge is 2.23. The van der Waals surface area contributed by atoms with Gasteiger partial charge >= 0.3 is 0 Å². The van der Waals surface area contributed by atoms with Gasteiger partial charge in [-0.15, -0.1) is 0 Å². The largest absolute Gasteiger partial charge is 0.497 e. The van der Waals surface area contributed by atoms with Crippen molar-refractivity contribution in [3.8, 4) is 5.75 Å². The molecular formula is C20H25BrN4O3S2. The van der Waals surface area contributed by atoms with Gasteiger partial charge in [0, 0.05) is 17.6 Å². The fraction of sp³-hybridized carbons (Fsp3) is 0.400. The Morgan fingerprint density at radius 3 is 2.60 bits per heavy atom. The van der Waals surface area contributed by atoms with Crippen LogP contribution in [0.4, 0.5) is 5.69 Å². The Balaban J connectivity index is 2.12. The minimum atomic E-state index is -0.694. The summed E-state index contributed by atoms with van der Waals surface area (Å²) >= 11 is 6.43. The second-order valence-corrected chi connectivity index (χ2v) is 9.12. The molecule has 2 rings (SSSR count). The second-order valence-electron chi connectivity index (χ2n) is 6.22. The lowest BCUT2D eigenvalue weighted by Crippen LogP contribution is -2.44. The fourth-order valence-corrected chi connectivity index (χ4v) is 3.92. The van der Waals surface area contributed by atoms with Crippen molar-refractivity contribution in [1.29, 1.82) is 0 Å². The van der Waals surface area contributed by atoms with Crippen LogP contribution in [-0.2, 0) is 4.79 Å². The summed E-state index contributed by atoms with van der Waals surface area (Å²) in [5.41, 5.74) is 0.848. The topological polar surface area (TPSA) is 93.2 Å². The monoisotopic (exact) mass is 512 g/mol. The Hall–Kier alpha value is -1.78. The third-order valence-electron chi connectivity index (χ3n) is 3.96. The van der Waals surface area contributed by atoms with E-state index in [9.17, 15) is 9.59 Å². The Bertz CT molecular complexity index is 852. The predicted molar refractivity (Wildman–Crippen MR) is 127 cm³/mol. The van der Waals surface area contributed by atoms with Gasteiger partial charge in [0.1, 0.15) is 17.5 Å². The lowest BCUT2D eigenvalue weighted by atomic mass is 10.2. The Morgan fingerprint density at radius 1 is 1.23 bits per heavy atom. The van der Waals surface area contributed by atoms with Gasteiger partial charge in [0.25, 0.3) is 5.91 Å². The molecule has 0 saturated carbocycles. The molecule has 0 unspecified atom stereocenters. The van der Waals surface area contributed by atoms with Gasteiger partial charge in [0.15, 0.2) is 5.16 Å². The third-order valence-corrected chi connectivity index (χ3v) is 6.25. The number of anilines is 1. The molecule has 0 radical (unpaired) electrons. The van der Waals surface area contributed by atoms with Crippen LogP contribution in [0, 0.1) is 0 Å². The SMILES string of the molecule is CCCSc1ncc(Br)c(C(=O)N[C@@H](CCSC)C(=O)Nc2ccc(OC)cc2)n1. The first-order valence-electron chi connectivity index (χ1n) is 9.38. The van der Waals surface area contributed by atoms with Crippen LogP contribution >= 0.6 is 39.5 Å². The van der Waals surface area contributed by atoms with E-state index in [0.29, 0.717) is 27.5 Å². The first-order chi connectivity index (χ1) is 14.5. The lowest BCUT2D eigenvalue weighted by molar-refractivity contribution is -0.118. The van der Waals surface area contributed by atoms with Crippen LogP contribution in [0.3, 0.4) is 0 Å². The molecule has 7 nitrogen and oxygen atoms in total. The van der Waals surface area contributed by atoms with E-state index in [1.807, 2.05) is 6.26 Å². The van der Waals surface area contributed by atoms with Crippen LogP contribution in [0.2, 0.25) is 0 Å². The molecule has 0 fully saturated rings. The summed E-state index contributed by atoms with van der Waals surface area (Å²) in [5, 5.41) is 6.20. The quantitative estimate of drug-likeness (QED) is 0.343. The number of methoxy groups -OCH3 is 1. The maximum absolute atomic E-state index is 12.9. The number of carbonyl (C=O) groups is 2. The van der Waals surface area contributed by atoms with Gasteiger partial charge in [0.05, 0.1) is 11.6 Å². The molecule has 2 amide bonds. The summed E-state index contributed by atoms with van der Waals surface area (Å²) in [6.07, 6.45) is 5.00. The summed E-state index contributed by atoms with van der Waals surface area (Å²) in [4.78, 5) is 34.3. The minimum Gasteiger partial charge on any atom is -0.497 e. The Kier molecular flexibility index (Phi) is 10.5. The summed E-state index contributed by atoms with van der Waals surface area (Å²) in [7, 11) is 1.58. The van der Waals surface area contributed by atoms with Crippen molar-refractivity contribution in [2.45, 2.75) is 31.0 Å². The molecule has 10 heteroatoms. The fourth-order valence-electron chi connectivity index (χ4n) is 2.41. The van der Waals surface area contributed by atoms with E-state index in [1.54, 1.807) is 49.3 Å². The number of aromatic nitrogens is 2. The lowest BCUT2D eigenvalue weighted by Gasteiger charge is -2.18. The van der Waals surface area contributed by atoms with Crippen molar-refractivity contribution < 1.29 is 14.3 Å². The van der Waals surface area contributed by atoms with Crippen molar-refractivity contribution in [3.05, 3.63) is 40.6 Å². The number of nitrogens with zero attached hydrogens (tertiary/aromatic N) is 2. The molecule has 0 spiro atoms. The molecule has 30 heavy (non-hydrogen) atoms. The number of thioether (sulfide) groups is 2. The molecular weight excluding hydrogens is 488 g/mol. The van der Waals surface area contributed by atoms with Gasteiger partial charge < -0.3 is 15.4 Å². The normalized spacial score (nSPS) is 11.6. The first kappa shape index (κ1) is 24.5. The predicted octanol–water partition coefficient (Wildman–Crippen LogP) is 4.24. The minimum absolute atomic E-state index is 0.218. The number of ether oxygens (including phenoxy) is 1. The van der Waals surface area contributed by atoms with Crippen LogP contribution in [0.1, 0.15) is 30.3 Å². The highest BCUT2D eigenvalue weighted by atomic mass is 79.9. The molecule has 1 atom stereocenters. The zero-order valence-corrected chi connectivity index (χ0v) is 20.3. The van der Waals surface area contributed by atoms with Gasteiger partial charge in [-0.3, -0.25) is 9.59 Å². The van der Waals surface area contributed by atoms with Crippen LogP contribution in [0.15, 0.2) is 40.1 Å². The number of hydrogen-bond acceptors (Lipinski definition) is 7. The highest BCUT2D eigenvalue weighted by Crippen LogP contribution is 2.20. The van der Waals surface area contributed by atoms with Gasteiger partial charge in [-0.1, -0.05) is 18.7 Å². The molecule has 1 aromatic carbocycles. The van der Waals surface area contributed by atoms with E-state index in [-0.39, 0.29) is 11.6 Å². The maximum Gasteiger partial charge on any atom is 0.271 e. The van der Waals surface area contributed by atoms with Crippen molar-refractivity contribution in [2.24, 2.45) is 0 Å². The van der Waals surface area contributed by atoms with Crippen molar-refractivity contribution in [1.82, 2.24) is 15.3 Å². The molecule has 1 aromatic heterocycles. The summed E-state index contributed by atoms with van der Waals surface area (Å²) < 4.78 is 5.62. The standard InChI is InChI=1S/C20H25BrN4O3S2/c1-4-10-30-20-22-12-15(21)17(25-20)19(27)24-16(9-11-29-3)18(26)23-13-5-7-14(28-2)8-6-13/h5-8,12,16H,4,9-11H2,1-3H3,(H,23,26)(H,24,27)/t16-/m0/s1. The number of benzene rings is 1. The van der Waals surface area contributed by atoms with Crippen molar-refractivity contribution in [2.75, 3.05) is 30.2 Å². The highest BCUT2D eigenvalue weighted by molar-refractivity contribution is 9.10. The molecule has 162 valence electrons. The van der Waals surface area contributed by atoms with Crippen LogP contribution in [-0.4, -0.2) is 52.7 Å². The number of hydrogen-bond donors (Lipinski definition) is 2. The zero-order chi connectivity index (χ0) is 21.9. The van der Waals surface area contributed by atoms with E-state index < -0.39 is 11.9 Å². The second kappa shape index (κ2) is 12.8.